The lowest BCUT2D eigenvalue weighted by Gasteiger charge is -2.18. The van der Waals surface area contributed by atoms with E-state index in [2.05, 4.69) is 34.3 Å². The van der Waals surface area contributed by atoms with Crippen LogP contribution in [0, 0.1) is 11.8 Å². The molecule has 136 valence electrons. The molecule has 0 bridgehead atoms. The number of esters is 1. The average molecular weight is 353 g/mol. The van der Waals surface area contributed by atoms with Crippen molar-refractivity contribution in [1.82, 2.24) is 0 Å². The van der Waals surface area contributed by atoms with Crippen LogP contribution in [0.5, 0.6) is 0 Å². The van der Waals surface area contributed by atoms with Crippen molar-refractivity contribution in [1.29, 1.82) is 0 Å². The van der Waals surface area contributed by atoms with Gasteiger partial charge < -0.3 is 9.47 Å². The molecular formula is C20H23N3O3. The highest BCUT2D eigenvalue weighted by Crippen LogP contribution is 2.30. The minimum Gasteiger partial charge on any atom is -0.462 e. The molecule has 0 radical (unpaired) electrons. The molecule has 0 aliphatic carbocycles. The van der Waals surface area contributed by atoms with Crippen LogP contribution in [0.2, 0.25) is 0 Å². The molecule has 1 heterocycles. The maximum Gasteiger partial charge on any atom is 0.309 e. The van der Waals surface area contributed by atoms with E-state index in [9.17, 15) is 4.79 Å². The lowest BCUT2D eigenvalue weighted by atomic mass is 9.91. The van der Waals surface area contributed by atoms with E-state index in [0.29, 0.717) is 13.0 Å². The Balaban J connectivity index is 1.60. The smallest absolute Gasteiger partial charge is 0.309 e. The molecule has 3 rings (SSSR count). The Bertz CT molecular complexity index is 830. The fourth-order valence-electron chi connectivity index (χ4n) is 3.32. The predicted molar refractivity (Wildman–Crippen MR) is 99.4 cm³/mol. The summed E-state index contributed by atoms with van der Waals surface area (Å²) in [5.41, 5.74) is 9.88. The summed E-state index contributed by atoms with van der Waals surface area (Å²) in [6, 6.07) is 13.8. The van der Waals surface area contributed by atoms with E-state index in [0.717, 1.165) is 10.9 Å². The summed E-state index contributed by atoms with van der Waals surface area (Å²) in [6.07, 6.45) is 0.155. The Kier molecular flexibility index (Phi) is 5.76. The van der Waals surface area contributed by atoms with Gasteiger partial charge in [0.25, 0.3) is 0 Å². The first kappa shape index (κ1) is 18.2. The predicted octanol–water partition coefficient (Wildman–Crippen LogP) is 4.62. The van der Waals surface area contributed by atoms with Gasteiger partial charge in [-0.3, -0.25) is 4.79 Å². The van der Waals surface area contributed by atoms with Crippen molar-refractivity contribution >= 4 is 16.7 Å². The maximum absolute atomic E-state index is 12.0. The lowest BCUT2D eigenvalue weighted by Crippen LogP contribution is -2.28. The van der Waals surface area contributed by atoms with Gasteiger partial charge in [0.15, 0.2) is 0 Å². The monoisotopic (exact) mass is 353 g/mol. The maximum atomic E-state index is 12.0. The number of carbonyl (C=O) groups is 1. The molecule has 2 aromatic rings. The second-order valence-corrected chi connectivity index (χ2v) is 7.03. The number of fused-ring (bicyclic) bond motifs is 1. The molecule has 0 spiro atoms. The second kappa shape index (κ2) is 8.21. The summed E-state index contributed by atoms with van der Waals surface area (Å²) in [5, 5.41) is 6.13. The highest BCUT2D eigenvalue weighted by Gasteiger charge is 2.40. The van der Waals surface area contributed by atoms with Gasteiger partial charge in [-0.05, 0) is 40.3 Å². The highest BCUT2D eigenvalue weighted by molar-refractivity contribution is 5.82. The van der Waals surface area contributed by atoms with Crippen LogP contribution in [0.3, 0.4) is 0 Å². The van der Waals surface area contributed by atoms with Gasteiger partial charge >= 0.3 is 5.97 Å². The molecule has 1 fully saturated rings. The second-order valence-electron chi connectivity index (χ2n) is 7.03. The molecule has 1 aliphatic rings. The lowest BCUT2D eigenvalue weighted by molar-refractivity contribution is -0.146. The van der Waals surface area contributed by atoms with Crippen molar-refractivity contribution in [3.05, 3.63) is 58.5 Å². The molecule has 0 amide bonds. The third-order valence-corrected chi connectivity index (χ3v) is 4.86. The molecule has 1 saturated heterocycles. The number of rotatable bonds is 7. The third-order valence-electron chi connectivity index (χ3n) is 4.86. The largest absolute Gasteiger partial charge is 0.462 e. The van der Waals surface area contributed by atoms with Gasteiger partial charge in [-0.2, -0.15) is 0 Å². The van der Waals surface area contributed by atoms with Gasteiger partial charge in [-0.15, -0.1) is 0 Å². The zero-order valence-corrected chi connectivity index (χ0v) is 15.0. The van der Waals surface area contributed by atoms with Gasteiger partial charge in [0.2, 0.25) is 0 Å². The minimum atomic E-state index is -0.506. The zero-order chi connectivity index (χ0) is 18.5. The van der Waals surface area contributed by atoms with Gasteiger partial charge in [0.05, 0.1) is 25.2 Å². The summed E-state index contributed by atoms with van der Waals surface area (Å²) < 4.78 is 11.2. The van der Waals surface area contributed by atoms with Gasteiger partial charge in [-0.1, -0.05) is 55.4 Å². The first-order valence-corrected chi connectivity index (χ1v) is 8.88. The molecule has 6 nitrogen and oxygen atoms in total. The molecular weight excluding hydrogens is 330 g/mol. The number of hydrogen-bond acceptors (Lipinski definition) is 4. The van der Waals surface area contributed by atoms with Crippen molar-refractivity contribution in [3.8, 4) is 0 Å². The third kappa shape index (κ3) is 4.15. The van der Waals surface area contributed by atoms with E-state index in [1.807, 2.05) is 32.0 Å². The fourth-order valence-corrected chi connectivity index (χ4v) is 3.32. The molecule has 0 N–H and O–H groups in total. The number of ether oxygens (including phenoxy) is 2. The van der Waals surface area contributed by atoms with Gasteiger partial charge in [0.1, 0.15) is 6.10 Å². The summed E-state index contributed by atoms with van der Waals surface area (Å²) in [7, 11) is 0. The van der Waals surface area contributed by atoms with Crippen LogP contribution in [0.25, 0.3) is 21.2 Å². The van der Waals surface area contributed by atoms with Crippen molar-refractivity contribution in [2.75, 3.05) is 6.61 Å². The number of nitrogens with zero attached hydrogens (tertiary/aromatic N) is 3. The fraction of sp³-hybridized carbons (Fsp3) is 0.450. The first-order chi connectivity index (χ1) is 12.6. The van der Waals surface area contributed by atoms with Crippen LogP contribution >= 0.6 is 0 Å². The van der Waals surface area contributed by atoms with Crippen LogP contribution in [-0.2, 0) is 20.9 Å². The van der Waals surface area contributed by atoms with Crippen LogP contribution in [0.15, 0.2) is 47.6 Å². The summed E-state index contributed by atoms with van der Waals surface area (Å²) in [5.74, 6) is -0.146. The van der Waals surface area contributed by atoms with Crippen molar-refractivity contribution in [3.63, 3.8) is 0 Å². The molecule has 0 unspecified atom stereocenters. The normalized spacial score (nSPS) is 20.8. The summed E-state index contributed by atoms with van der Waals surface area (Å²) in [4.78, 5) is 14.9. The van der Waals surface area contributed by atoms with Crippen molar-refractivity contribution in [2.45, 2.75) is 39.0 Å². The summed E-state index contributed by atoms with van der Waals surface area (Å²) in [6.45, 7) is 4.62. The Morgan fingerprint density at radius 2 is 2.04 bits per heavy atom. The van der Waals surface area contributed by atoms with E-state index < -0.39 is 12.1 Å². The molecule has 0 aromatic heterocycles. The Hall–Kier alpha value is -2.56. The number of carbonyl (C=O) groups excluding carboxylic acids is 1. The van der Waals surface area contributed by atoms with Crippen LogP contribution in [0.1, 0.15) is 25.8 Å². The number of cyclic esters (lactones) is 1. The Labute approximate surface area is 152 Å². The first-order valence-electron chi connectivity index (χ1n) is 8.88. The number of azide groups is 1. The zero-order valence-electron chi connectivity index (χ0n) is 15.0. The number of hydrogen-bond donors (Lipinski definition) is 0. The molecule has 6 heteroatoms. The van der Waals surface area contributed by atoms with Crippen molar-refractivity contribution in [2.24, 2.45) is 17.0 Å². The van der Waals surface area contributed by atoms with E-state index in [1.165, 1.54) is 5.39 Å². The van der Waals surface area contributed by atoms with E-state index in [4.69, 9.17) is 15.0 Å². The molecule has 26 heavy (non-hydrogen) atoms. The highest BCUT2D eigenvalue weighted by atomic mass is 16.6. The molecule has 3 atom stereocenters. The van der Waals surface area contributed by atoms with E-state index >= 15 is 0 Å². The molecule has 0 saturated carbocycles. The molecule has 1 aliphatic heterocycles. The van der Waals surface area contributed by atoms with Gasteiger partial charge in [0, 0.05) is 4.91 Å². The van der Waals surface area contributed by atoms with E-state index in [1.54, 1.807) is 0 Å². The standard InChI is InChI=1S/C20H23N3O3/c1-13(2)17-10-19(26-20(17)24)18(22-23-21)12-25-11-14-7-8-15-5-3-4-6-16(15)9-14/h3-9,13,17-19H,10-12H2,1-2H3/t17-,18-,19-/m0/s1. The van der Waals surface area contributed by atoms with Crippen LogP contribution in [-0.4, -0.2) is 24.7 Å². The summed E-state index contributed by atoms with van der Waals surface area (Å²) >= 11 is 0. The van der Waals surface area contributed by atoms with Crippen LogP contribution in [0.4, 0.5) is 0 Å². The van der Waals surface area contributed by atoms with E-state index in [-0.39, 0.29) is 24.4 Å². The SMILES string of the molecule is CC(C)[C@@H]1C[C@@H]([C@H](COCc2ccc3ccccc3c2)N=[N+]=[N-])OC1=O. The Morgan fingerprint density at radius 3 is 2.73 bits per heavy atom. The quantitative estimate of drug-likeness (QED) is 0.315. The number of benzene rings is 2. The van der Waals surface area contributed by atoms with Crippen molar-refractivity contribution < 1.29 is 14.3 Å². The molecule has 2 aromatic carbocycles. The van der Waals surface area contributed by atoms with Crippen LogP contribution < -0.4 is 0 Å². The Morgan fingerprint density at radius 1 is 1.27 bits per heavy atom. The average Bonchev–Trinajstić information content (AvgIpc) is 3.03. The topological polar surface area (TPSA) is 84.3 Å². The minimum absolute atomic E-state index is 0.142. The van der Waals surface area contributed by atoms with Gasteiger partial charge in [-0.25, -0.2) is 0 Å².